The molecule has 1 aromatic carbocycles. The largest absolute Gasteiger partial charge is 0.462 e. The van der Waals surface area contributed by atoms with Crippen LogP contribution in [0.4, 0.5) is 5.69 Å². The number of fused-ring (bicyclic) bond motifs is 1. The molecule has 27 heavy (non-hydrogen) atoms. The maximum atomic E-state index is 12.4. The van der Waals surface area contributed by atoms with Gasteiger partial charge in [0.1, 0.15) is 0 Å². The molecule has 0 spiro atoms. The van der Waals surface area contributed by atoms with Crippen molar-refractivity contribution in [1.29, 1.82) is 0 Å². The molecular weight excluding hydrogens is 340 g/mol. The van der Waals surface area contributed by atoms with Gasteiger partial charge in [0.2, 0.25) is 0 Å². The number of ether oxygens (including phenoxy) is 1. The zero-order valence-corrected chi connectivity index (χ0v) is 16.4. The molecule has 2 heterocycles. The van der Waals surface area contributed by atoms with Gasteiger partial charge in [-0.25, -0.2) is 4.79 Å². The lowest BCUT2D eigenvalue weighted by atomic mass is 10.0. The number of anilines is 1. The van der Waals surface area contributed by atoms with Crippen molar-refractivity contribution in [1.82, 2.24) is 4.40 Å². The first kappa shape index (κ1) is 18.7. The first-order chi connectivity index (χ1) is 12.8. The van der Waals surface area contributed by atoms with Crippen molar-refractivity contribution in [2.75, 3.05) is 25.6 Å². The molecule has 5 nitrogen and oxygen atoms in total. The monoisotopic (exact) mass is 364 g/mol. The van der Waals surface area contributed by atoms with Crippen LogP contribution in [-0.2, 0) is 4.74 Å². The Kier molecular flexibility index (Phi) is 5.04. The highest BCUT2D eigenvalue weighted by Gasteiger charge is 2.21. The maximum Gasteiger partial charge on any atom is 0.338 e. The fourth-order valence-electron chi connectivity index (χ4n) is 3.39. The number of pyridine rings is 1. The molecule has 0 bridgehead atoms. The topological polar surface area (TPSA) is 51.0 Å². The third-order valence-corrected chi connectivity index (χ3v) is 4.71. The van der Waals surface area contributed by atoms with Gasteiger partial charge in [-0.1, -0.05) is 12.1 Å². The molecule has 0 atom stereocenters. The molecule has 5 heteroatoms. The average molecular weight is 364 g/mol. The van der Waals surface area contributed by atoms with Gasteiger partial charge >= 0.3 is 5.97 Å². The molecule has 0 amide bonds. The van der Waals surface area contributed by atoms with Gasteiger partial charge in [0, 0.05) is 38.5 Å². The lowest BCUT2D eigenvalue weighted by Crippen LogP contribution is -2.13. The normalized spacial score (nSPS) is 10.9. The van der Waals surface area contributed by atoms with Gasteiger partial charge in [0.15, 0.2) is 5.78 Å². The van der Waals surface area contributed by atoms with Crippen molar-refractivity contribution in [2.24, 2.45) is 0 Å². The van der Waals surface area contributed by atoms with E-state index in [9.17, 15) is 9.59 Å². The lowest BCUT2D eigenvalue weighted by Gasteiger charge is -2.15. The van der Waals surface area contributed by atoms with E-state index in [1.54, 1.807) is 13.8 Å². The van der Waals surface area contributed by atoms with Crippen LogP contribution in [0.25, 0.3) is 16.6 Å². The van der Waals surface area contributed by atoms with Gasteiger partial charge in [-0.15, -0.1) is 0 Å². The SMILES string of the molecule is CCOC(=O)c1cc2c(-c3cccc(N(C)C)c3)ccn2c(C(C)=O)c1C. The van der Waals surface area contributed by atoms with Crippen molar-refractivity contribution < 1.29 is 14.3 Å². The van der Waals surface area contributed by atoms with Crippen molar-refractivity contribution >= 4 is 23.0 Å². The lowest BCUT2D eigenvalue weighted by molar-refractivity contribution is 0.0525. The summed E-state index contributed by atoms with van der Waals surface area (Å²) in [6.07, 6.45) is 1.88. The summed E-state index contributed by atoms with van der Waals surface area (Å²) in [7, 11) is 3.99. The van der Waals surface area contributed by atoms with Gasteiger partial charge < -0.3 is 14.0 Å². The molecule has 0 aliphatic carbocycles. The first-order valence-corrected chi connectivity index (χ1v) is 8.95. The van der Waals surface area contributed by atoms with Crippen molar-refractivity contribution in [3.8, 4) is 11.1 Å². The Hall–Kier alpha value is -3.08. The second kappa shape index (κ2) is 7.27. The number of aromatic nitrogens is 1. The molecule has 2 aromatic heterocycles. The second-order valence-corrected chi connectivity index (χ2v) is 6.74. The number of hydrogen-bond donors (Lipinski definition) is 0. The van der Waals surface area contributed by atoms with Crippen LogP contribution < -0.4 is 4.90 Å². The highest BCUT2D eigenvalue weighted by molar-refractivity contribution is 6.02. The fraction of sp³-hybridized carbons (Fsp3) is 0.273. The highest BCUT2D eigenvalue weighted by Crippen LogP contribution is 2.31. The summed E-state index contributed by atoms with van der Waals surface area (Å²) < 4.78 is 7.06. The van der Waals surface area contributed by atoms with Crippen LogP contribution in [0, 0.1) is 6.92 Å². The van der Waals surface area contributed by atoms with Crippen LogP contribution in [0.2, 0.25) is 0 Å². The number of ketones is 1. The Morgan fingerprint density at radius 1 is 1.15 bits per heavy atom. The molecule has 0 aliphatic heterocycles. The summed E-state index contributed by atoms with van der Waals surface area (Å²) >= 11 is 0. The van der Waals surface area contributed by atoms with E-state index in [0.29, 0.717) is 16.8 Å². The minimum atomic E-state index is -0.408. The van der Waals surface area contributed by atoms with Crippen LogP contribution in [0.3, 0.4) is 0 Å². The summed E-state index contributed by atoms with van der Waals surface area (Å²) in [6.45, 7) is 5.36. The van der Waals surface area contributed by atoms with Crippen molar-refractivity contribution in [3.05, 3.63) is 59.4 Å². The van der Waals surface area contributed by atoms with E-state index >= 15 is 0 Å². The van der Waals surface area contributed by atoms with E-state index in [0.717, 1.165) is 22.3 Å². The molecule has 0 saturated carbocycles. The molecule has 0 aliphatic rings. The molecule has 0 N–H and O–H groups in total. The predicted octanol–water partition coefficient (Wildman–Crippen LogP) is 4.36. The Balaban J connectivity index is 2.29. The standard InChI is InChI=1S/C22H24N2O3/c1-6-27-22(26)19-13-20-18(16-8-7-9-17(12-16)23(4)5)10-11-24(20)21(14(19)2)15(3)25/h7-13H,6H2,1-5H3. The van der Waals surface area contributed by atoms with E-state index < -0.39 is 5.97 Å². The number of Topliss-reactive ketones (excluding diaryl/α,β-unsaturated/α-hetero) is 1. The second-order valence-electron chi connectivity index (χ2n) is 6.74. The van der Waals surface area contributed by atoms with E-state index in [1.165, 1.54) is 6.92 Å². The summed E-state index contributed by atoms with van der Waals surface area (Å²) in [6, 6.07) is 12.0. The quantitative estimate of drug-likeness (QED) is 0.499. The zero-order valence-electron chi connectivity index (χ0n) is 16.4. The molecule has 0 fully saturated rings. The van der Waals surface area contributed by atoms with Crippen LogP contribution in [0.15, 0.2) is 42.6 Å². The number of nitrogens with zero attached hydrogens (tertiary/aromatic N) is 2. The molecular formula is C22H24N2O3. The Bertz CT molecular complexity index is 1030. The summed E-state index contributed by atoms with van der Waals surface area (Å²) in [5, 5.41) is 0. The minimum Gasteiger partial charge on any atom is -0.462 e. The van der Waals surface area contributed by atoms with Crippen LogP contribution in [0.5, 0.6) is 0 Å². The highest BCUT2D eigenvalue weighted by atomic mass is 16.5. The summed E-state index contributed by atoms with van der Waals surface area (Å²) in [5.74, 6) is -0.498. The van der Waals surface area contributed by atoms with Crippen LogP contribution in [0.1, 0.15) is 40.3 Å². The summed E-state index contributed by atoms with van der Waals surface area (Å²) in [4.78, 5) is 26.8. The number of carbonyl (C=O) groups is 2. The Morgan fingerprint density at radius 2 is 1.89 bits per heavy atom. The number of carbonyl (C=O) groups excluding carboxylic acids is 2. The number of benzene rings is 1. The molecule has 0 saturated heterocycles. The molecule has 140 valence electrons. The molecule has 3 aromatic rings. The smallest absolute Gasteiger partial charge is 0.338 e. The number of rotatable bonds is 5. The van der Waals surface area contributed by atoms with Gasteiger partial charge in [-0.05, 0) is 49.2 Å². The van der Waals surface area contributed by atoms with Gasteiger partial charge in [-0.2, -0.15) is 0 Å². The molecule has 0 unspecified atom stereocenters. The zero-order chi connectivity index (χ0) is 19.7. The first-order valence-electron chi connectivity index (χ1n) is 8.95. The molecule has 0 radical (unpaired) electrons. The maximum absolute atomic E-state index is 12.4. The van der Waals surface area contributed by atoms with E-state index in [4.69, 9.17) is 4.74 Å². The third kappa shape index (κ3) is 3.33. The Morgan fingerprint density at radius 3 is 2.52 bits per heavy atom. The van der Waals surface area contributed by atoms with Gasteiger partial charge in [0.05, 0.1) is 23.4 Å². The number of hydrogen-bond acceptors (Lipinski definition) is 4. The van der Waals surface area contributed by atoms with Gasteiger partial charge in [-0.3, -0.25) is 4.79 Å². The predicted molar refractivity (Wildman–Crippen MR) is 108 cm³/mol. The van der Waals surface area contributed by atoms with Crippen molar-refractivity contribution in [2.45, 2.75) is 20.8 Å². The van der Waals surface area contributed by atoms with Crippen LogP contribution in [-0.4, -0.2) is 36.9 Å². The minimum absolute atomic E-state index is 0.0900. The molecule has 3 rings (SSSR count). The van der Waals surface area contributed by atoms with Crippen LogP contribution >= 0.6 is 0 Å². The average Bonchev–Trinajstić information content (AvgIpc) is 3.04. The van der Waals surface area contributed by atoms with E-state index in [-0.39, 0.29) is 12.4 Å². The Labute approximate surface area is 159 Å². The third-order valence-electron chi connectivity index (χ3n) is 4.71. The van der Waals surface area contributed by atoms with Gasteiger partial charge in [0.25, 0.3) is 0 Å². The van der Waals surface area contributed by atoms with E-state index in [1.807, 2.05) is 59.9 Å². The number of esters is 1. The fourth-order valence-corrected chi connectivity index (χ4v) is 3.39. The van der Waals surface area contributed by atoms with Crippen molar-refractivity contribution in [3.63, 3.8) is 0 Å². The van der Waals surface area contributed by atoms with E-state index in [2.05, 4.69) is 6.07 Å². The summed E-state index contributed by atoms with van der Waals surface area (Å²) in [5.41, 5.74) is 5.45.